The summed E-state index contributed by atoms with van der Waals surface area (Å²) in [6.45, 7) is 3.49. The van der Waals surface area contributed by atoms with Crippen molar-refractivity contribution in [3.63, 3.8) is 0 Å². The van der Waals surface area contributed by atoms with Crippen LogP contribution < -0.4 is 0 Å². The van der Waals surface area contributed by atoms with Gasteiger partial charge in [-0.3, -0.25) is 0 Å². The molecule has 0 bridgehead atoms. The van der Waals surface area contributed by atoms with Gasteiger partial charge in [0, 0.05) is 38.9 Å². The first-order valence-corrected chi connectivity index (χ1v) is 8.03. The van der Waals surface area contributed by atoms with Gasteiger partial charge in [-0.25, -0.2) is 8.42 Å². The molecule has 1 atom stereocenters. The Labute approximate surface area is 103 Å². The van der Waals surface area contributed by atoms with E-state index in [9.17, 15) is 13.5 Å². The molecular formula is C11H22O5S. The molecule has 1 aliphatic heterocycles. The lowest BCUT2D eigenvalue weighted by Gasteiger charge is -2.40. The SMILES string of the molecule is CCOC1(C(O)CCS(C)(=O)=O)CCOCC1. The van der Waals surface area contributed by atoms with Gasteiger partial charge in [-0.15, -0.1) is 0 Å². The van der Waals surface area contributed by atoms with Crippen LogP contribution in [0.25, 0.3) is 0 Å². The van der Waals surface area contributed by atoms with Crippen LogP contribution in [-0.2, 0) is 19.3 Å². The van der Waals surface area contributed by atoms with Gasteiger partial charge in [0.05, 0.1) is 17.5 Å². The van der Waals surface area contributed by atoms with E-state index in [0.717, 1.165) is 0 Å². The van der Waals surface area contributed by atoms with Crippen molar-refractivity contribution in [2.24, 2.45) is 0 Å². The van der Waals surface area contributed by atoms with Crippen molar-refractivity contribution in [2.75, 3.05) is 31.8 Å². The third-order valence-electron chi connectivity index (χ3n) is 3.14. The van der Waals surface area contributed by atoms with Crippen LogP contribution >= 0.6 is 0 Å². The summed E-state index contributed by atoms with van der Waals surface area (Å²) in [6.07, 6.45) is 1.88. The van der Waals surface area contributed by atoms with Crippen LogP contribution in [0.15, 0.2) is 0 Å². The van der Waals surface area contributed by atoms with E-state index in [1.165, 1.54) is 6.26 Å². The van der Waals surface area contributed by atoms with Gasteiger partial charge in [-0.05, 0) is 13.3 Å². The normalized spacial score (nSPS) is 22.3. The molecule has 102 valence electrons. The van der Waals surface area contributed by atoms with Crippen LogP contribution in [0, 0.1) is 0 Å². The fourth-order valence-corrected chi connectivity index (χ4v) is 2.82. The van der Waals surface area contributed by atoms with E-state index in [-0.39, 0.29) is 12.2 Å². The van der Waals surface area contributed by atoms with Gasteiger partial charge in [-0.2, -0.15) is 0 Å². The average Bonchev–Trinajstić information content (AvgIpc) is 2.26. The second-order valence-corrected chi connectivity index (χ2v) is 6.80. The van der Waals surface area contributed by atoms with Gasteiger partial charge in [0.1, 0.15) is 9.84 Å². The number of hydrogen-bond donors (Lipinski definition) is 1. The minimum atomic E-state index is -3.05. The van der Waals surface area contributed by atoms with Gasteiger partial charge < -0.3 is 14.6 Å². The van der Waals surface area contributed by atoms with Crippen molar-refractivity contribution < 1.29 is 23.0 Å². The standard InChI is InChI=1S/C11H22O5S/c1-3-16-11(5-7-15-8-6-11)10(12)4-9-17(2,13)14/h10,12H,3-9H2,1-2H3. The van der Waals surface area contributed by atoms with Crippen molar-refractivity contribution in [3.8, 4) is 0 Å². The van der Waals surface area contributed by atoms with Gasteiger partial charge in [-0.1, -0.05) is 0 Å². The topological polar surface area (TPSA) is 72.8 Å². The van der Waals surface area contributed by atoms with E-state index in [1.54, 1.807) is 0 Å². The monoisotopic (exact) mass is 266 g/mol. The number of aliphatic hydroxyl groups is 1. The number of ether oxygens (including phenoxy) is 2. The first-order valence-electron chi connectivity index (χ1n) is 5.97. The minimum Gasteiger partial charge on any atom is -0.390 e. The first-order chi connectivity index (χ1) is 7.90. The van der Waals surface area contributed by atoms with Gasteiger partial charge >= 0.3 is 0 Å². The Morgan fingerprint density at radius 3 is 2.47 bits per heavy atom. The molecule has 0 aliphatic carbocycles. The molecule has 5 nitrogen and oxygen atoms in total. The number of hydrogen-bond acceptors (Lipinski definition) is 5. The van der Waals surface area contributed by atoms with E-state index in [4.69, 9.17) is 9.47 Å². The van der Waals surface area contributed by atoms with Gasteiger partial charge in [0.2, 0.25) is 0 Å². The molecule has 1 fully saturated rings. The zero-order chi connectivity index (χ0) is 12.9. The summed E-state index contributed by atoms with van der Waals surface area (Å²) >= 11 is 0. The predicted molar refractivity (Wildman–Crippen MR) is 64.7 cm³/mol. The van der Waals surface area contributed by atoms with Crippen molar-refractivity contribution in [1.82, 2.24) is 0 Å². The van der Waals surface area contributed by atoms with Gasteiger partial charge in [0.15, 0.2) is 0 Å². The molecule has 0 aromatic rings. The quantitative estimate of drug-likeness (QED) is 0.752. The molecular weight excluding hydrogens is 244 g/mol. The van der Waals surface area contributed by atoms with Crippen molar-refractivity contribution in [1.29, 1.82) is 0 Å². The van der Waals surface area contributed by atoms with Crippen LogP contribution in [0.5, 0.6) is 0 Å². The molecule has 0 spiro atoms. The lowest BCUT2D eigenvalue weighted by molar-refractivity contribution is -0.165. The third-order valence-corrected chi connectivity index (χ3v) is 4.12. The van der Waals surface area contributed by atoms with Crippen LogP contribution in [0.4, 0.5) is 0 Å². The Balaban J connectivity index is 2.62. The summed E-state index contributed by atoms with van der Waals surface area (Å²) in [5.41, 5.74) is -0.627. The molecule has 0 aromatic carbocycles. The second-order valence-electron chi connectivity index (χ2n) is 4.54. The smallest absolute Gasteiger partial charge is 0.147 e. The summed E-state index contributed by atoms with van der Waals surface area (Å²) in [4.78, 5) is 0. The Morgan fingerprint density at radius 1 is 1.41 bits per heavy atom. The molecule has 1 aliphatic rings. The number of aliphatic hydroxyl groups excluding tert-OH is 1. The van der Waals surface area contributed by atoms with E-state index in [2.05, 4.69) is 0 Å². The highest BCUT2D eigenvalue weighted by Gasteiger charge is 2.40. The Morgan fingerprint density at radius 2 is 2.00 bits per heavy atom. The predicted octanol–water partition coefficient (Wildman–Crippen LogP) is 0.368. The van der Waals surface area contributed by atoms with Crippen molar-refractivity contribution in [3.05, 3.63) is 0 Å². The minimum absolute atomic E-state index is 0.0101. The summed E-state index contributed by atoms with van der Waals surface area (Å²) < 4.78 is 33.1. The molecule has 0 aromatic heterocycles. The lowest BCUT2D eigenvalue weighted by atomic mass is 9.86. The van der Waals surface area contributed by atoms with Crippen LogP contribution in [0.1, 0.15) is 26.2 Å². The molecule has 0 saturated carbocycles. The maximum Gasteiger partial charge on any atom is 0.147 e. The number of sulfone groups is 1. The molecule has 1 rings (SSSR count). The molecule has 17 heavy (non-hydrogen) atoms. The zero-order valence-corrected chi connectivity index (χ0v) is 11.3. The summed E-state index contributed by atoms with van der Waals surface area (Å²) in [6, 6.07) is 0. The van der Waals surface area contributed by atoms with E-state index >= 15 is 0 Å². The largest absolute Gasteiger partial charge is 0.390 e. The molecule has 0 amide bonds. The van der Waals surface area contributed by atoms with Crippen molar-refractivity contribution >= 4 is 9.84 Å². The van der Waals surface area contributed by atoms with E-state index < -0.39 is 21.5 Å². The van der Waals surface area contributed by atoms with Crippen LogP contribution in [-0.4, -0.2) is 57.1 Å². The zero-order valence-electron chi connectivity index (χ0n) is 10.5. The third kappa shape index (κ3) is 4.54. The van der Waals surface area contributed by atoms with Gasteiger partial charge in [0.25, 0.3) is 0 Å². The van der Waals surface area contributed by atoms with Crippen LogP contribution in [0.3, 0.4) is 0 Å². The molecule has 0 radical (unpaired) electrons. The van der Waals surface area contributed by atoms with E-state index in [0.29, 0.717) is 32.7 Å². The van der Waals surface area contributed by atoms with Crippen LogP contribution in [0.2, 0.25) is 0 Å². The highest BCUT2D eigenvalue weighted by atomic mass is 32.2. The molecule has 1 heterocycles. The van der Waals surface area contributed by atoms with E-state index in [1.807, 2.05) is 6.92 Å². The lowest BCUT2D eigenvalue weighted by Crippen LogP contribution is -2.49. The fraction of sp³-hybridized carbons (Fsp3) is 1.00. The first kappa shape index (κ1) is 14.9. The number of rotatable bonds is 6. The summed E-state index contributed by atoms with van der Waals surface area (Å²) in [7, 11) is -3.05. The highest BCUT2D eigenvalue weighted by molar-refractivity contribution is 7.90. The Bertz CT molecular complexity index is 313. The Hall–Kier alpha value is -0.170. The maximum absolute atomic E-state index is 11.1. The average molecular weight is 266 g/mol. The fourth-order valence-electron chi connectivity index (χ4n) is 2.17. The molecule has 1 unspecified atom stereocenters. The summed E-state index contributed by atoms with van der Waals surface area (Å²) in [5.74, 6) is -0.0101. The highest BCUT2D eigenvalue weighted by Crippen LogP contribution is 2.30. The molecule has 1 N–H and O–H groups in total. The Kier molecular flexibility index (Phi) is 5.37. The molecule has 1 saturated heterocycles. The van der Waals surface area contributed by atoms with Crippen molar-refractivity contribution in [2.45, 2.75) is 37.9 Å². The molecule has 6 heteroatoms. The second kappa shape index (κ2) is 6.13. The maximum atomic E-state index is 11.1. The summed E-state index contributed by atoms with van der Waals surface area (Å²) in [5, 5.41) is 10.2.